The van der Waals surface area contributed by atoms with Crippen LogP contribution in [0.15, 0.2) is 225 Å². The number of benzene rings is 10. The van der Waals surface area contributed by atoms with E-state index in [1.54, 1.807) is 0 Å². The average molecular weight is 724 g/mol. The smallest absolute Gasteiger partial charge is 0.0535 e. The molecule has 0 aliphatic heterocycles. The van der Waals surface area contributed by atoms with Crippen LogP contribution in [0.3, 0.4) is 0 Å². The van der Waals surface area contributed by atoms with Crippen molar-refractivity contribution in [1.29, 1.82) is 0 Å². The quantitative estimate of drug-likeness (QED) is 0.151. The molecule has 0 unspecified atom stereocenters. The first kappa shape index (κ1) is 32.9. The molecular weight excluding hydrogens is 687 g/mol. The zero-order valence-electron chi connectivity index (χ0n) is 31.3. The minimum absolute atomic E-state index is 1.16. The molecule has 0 saturated heterocycles. The van der Waals surface area contributed by atoms with E-state index in [0.29, 0.717) is 0 Å². The molecular formula is C56H37N. The maximum Gasteiger partial charge on any atom is 0.0535 e. The molecule has 0 atom stereocenters. The Morgan fingerprint density at radius 1 is 0.246 bits per heavy atom. The molecule has 0 N–H and O–H groups in total. The molecule has 266 valence electrons. The lowest BCUT2D eigenvalue weighted by atomic mass is 9.90. The highest BCUT2D eigenvalue weighted by Gasteiger charge is 2.20. The topological polar surface area (TPSA) is 4.93 Å². The second kappa shape index (κ2) is 13.7. The lowest BCUT2D eigenvalue weighted by molar-refractivity contribution is 1.14. The van der Waals surface area contributed by atoms with Crippen molar-refractivity contribution in [3.63, 3.8) is 0 Å². The van der Waals surface area contributed by atoms with Crippen molar-refractivity contribution in [3.8, 4) is 61.3 Å². The van der Waals surface area contributed by atoms with Crippen LogP contribution in [0.4, 0.5) is 0 Å². The van der Waals surface area contributed by atoms with Gasteiger partial charge in [0.05, 0.1) is 11.2 Å². The van der Waals surface area contributed by atoms with Gasteiger partial charge in [0, 0.05) is 22.5 Å². The predicted molar refractivity (Wildman–Crippen MR) is 243 cm³/mol. The van der Waals surface area contributed by atoms with Crippen molar-refractivity contribution in [3.05, 3.63) is 225 Å². The lowest BCUT2D eigenvalue weighted by Gasteiger charge is -2.16. The van der Waals surface area contributed by atoms with Crippen molar-refractivity contribution >= 4 is 43.2 Å². The monoisotopic (exact) mass is 723 g/mol. The highest BCUT2D eigenvalue weighted by Crippen LogP contribution is 2.44. The van der Waals surface area contributed by atoms with E-state index >= 15 is 0 Å². The van der Waals surface area contributed by atoms with Crippen molar-refractivity contribution in [2.75, 3.05) is 0 Å². The van der Waals surface area contributed by atoms with Gasteiger partial charge in [0.25, 0.3) is 0 Å². The van der Waals surface area contributed by atoms with E-state index in [1.807, 2.05) is 0 Å². The molecule has 1 heteroatoms. The molecule has 1 aromatic heterocycles. The first-order chi connectivity index (χ1) is 28.3. The summed E-state index contributed by atoms with van der Waals surface area (Å²) in [5.74, 6) is 0. The van der Waals surface area contributed by atoms with Crippen LogP contribution in [-0.4, -0.2) is 4.57 Å². The summed E-state index contributed by atoms with van der Waals surface area (Å²) in [7, 11) is 0. The van der Waals surface area contributed by atoms with E-state index < -0.39 is 0 Å². The summed E-state index contributed by atoms with van der Waals surface area (Å²) in [5.41, 5.74) is 14.5. The normalized spacial score (nSPS) is 11.5. The van der Waals surface area contributed by atoms with Crippen LogP contribution in [0.25, 0.3) is 105 Å². The number of hydrogen-bond acceptors (Lipinski definition) is 0. The van der Waals surface area contributed by atoms with Gasteiger partial charge in [0.1, 0.15) is 0 Å². The minimum atomic E-state index is 1.16. The Morgan fingerprint density at radius 2 is 0.754 bits per heavy atom. The van der Waals surface area contributed by atoms with Crippen LogP contribution in [0.1, 0.15) is 0 Å². The molecule has 0 radical (unpaired) electrons. The van der Waals surface area contributed by atoms with Crippen molar-refractivity contribution in [2.45, 2.75) is 0 Å². The maximum atomic E-state index is 2.42. The first-order valence-corrected chi connectivity index (χ1v) is 19.7. The summed E-state index contributed by atoms with van der Waals surface area (Å²) in [5, 5.41) is 8.74. The van der Waals surface area contributed by atoms with E-state index in [2.05, 4.69) is 229 Å². The van der Waals surface area contributed by atoms with Gasteiger partial charge in [-0.1, -0.05) is 194 Å². The van der Waals surface area contributed by atoms with Crippen LogP contribution < -0.4 is 0 Å². The minimum Gasteiger partial charge on any atom is -0.315 e. The van der Waals surface area contributed by atoms with Crippen LogP contribution >= 0.6 is 0 Å². The van der Waals surface area contributed by atoms with Gasteiger partial charge in [-0.05, 0) is 101 Å². The number of nitrogens with zero attached hydrogens (tertiary/aromatic N) is 1. The van der Waals surface area contributed by atoms with Gasteiger partial charge in [-0.15, -0.1) is 0 Å². The molecule has 1 heterocycles. The van der Waals surface area contributed by atoms with Crippen LogP contribution in [0.5, 0.6) is 0 Å². The van der Waals surface area contributed by atoms with Crippen molar-refractivity contribution < 1.29 is 0 Å². The highest BCUT2D eigenvalue weighted by atomic mass is 15.0. The van der Waals surface area contributed by atoms with Gasteiger partial charge in [0.15, 0.2) is 0 Å². The fourth-order valence-corrected chi connectivity index (χ4v) is 9.01. The summed E-state index contributed by atoms with van der Waals surface area (Å²) in [4.78, 5) is 0. The van der Waals surface area contributed by atoms with E-state index in [0.717, 1.165) is 5.69 Å². The van der Waals surface area contributed by atoms with Gasteiger partial charge in [0.2, 0.25) is 0 Å². The Balaban J connectivity index is 1.16. The fourth-order valence-electron chi connectivity index (χ4n) is 9.01. The molecule has 1 nitrogen and oxygen atoms in total. The molecule has 0 saturated carbocycles. The van der Waals surface area contributed by atoms with E-state index in [1.165, 1.54) is 98.9 Å². The SMILES string of the molecule is c1ccc(-c2ccccc2-c2ccc3c(c2)c(-c2ccccc2-c2ccccc2)cn3-c2ccc(-c3cc4ccccc4c4ccccc34)c3ccccc23)cc1. The summed E-state index contributed by atoms with van der Waals surface area (Å²) in [6.07, 6.45) is 2.37. The zero-order chi connectivity index (χ0) is 37.7. The lowest BCUT2D eigenvalue weighted by Crippen LogP contribution is -1.95. The number of fused-ring (bicyclic) bond motifs is 5. The zero-order valence-corrected chi connectivity index (χ0v) is 31.3. The first-order valence-electron chi connectivity index (χ1n) is 19.7. The number of aromatic nitrogens is 1. The Bertz CT molecular complexity index is 3280. The Labute approximate surface area is 332 Å². The van der Waals surface area contributed by atoms with Crippen molar-refractivity contribution in [1.82, 2.24) is 4.57 Å². The van der Waals surface area contributed by atoms with E-state index in [9.17, 15) is 0 Å². The van der Waals surface area contributed by atoms with Crippen LogP contribution in [0.2, 0.25) is 0 Å². The summed E-state index contributed by atoms with van der Waals surface area (Å²) < 4.78 is 2.42. The molecule has 0 aliphatic carbocycles. The molecule has 0 aliphatic rings. The second-order valence-electron chi connectivity index (χ2n) is 14.8. The highest BCUT2D eigenvalue weighted by molar-refractivity contribution is 6.17. The summed E-state index contributed by atoms with van der Waals surface area (Å²) in [6, 6.07) is 79.6. The predicted octanol–water partition coefficient (Wildman–Crippen LogP) is 15.4. The van der Waals surface area contributed by atoms with Crippen LogP contribution in [-0.2, 0) is 0 Å². The standard InChI is InChI=1S/C56H37N/c1-3-17-38(18-4-1)42-22-9-10-24-44(42)41-31-33-56-53(36-41)54(47-27-12-11-23-43(47)39-19-5-2-6-20-39)37-57(56)55-34-32-50(48-28-15-16-30-51(48)55)52-35-40-21-7-8-25-45(40)46-26-13-14-29-49(46)52/h1-37H. The molecule has 0 amide bonds. The van der Waals surface area contributed by atoms with E-state index in [4.69, 9.17) is 0 Å². The Kier molecular flexibility index (Phi) is 7.89. The van der Waals surface area contributed by atoms with Gasteiger partial charge in [-0.25, -0.2) is 0 Å². The molecule has 57 heavy (non-hydrogen) atoms. The molecule has 0 spiro atoms. The third-order valence-electron chi connectivity index (χ3n) is 11.6. The molecule has 0 bridgehead atoms. The molecule has 0 fully saturated rings. The van der Waals surface area contributed by atoms with Gasteiger partial charge in [-0.3, -0.25) is 0 Å². The van der Waals surface area contributed by atoms with Crippen LogP contribution in [0, 0.1) is 0 Å². The van der Waals surface area contributed by atoms with Gasteiger partial charge < -0.3 is 4.57 Å². The maximum absolute atomic E-state index is 2.42. The van der Waals surface area contributed by atoms with Gasteiger partial charge >= 0.3 is 0 Å². The third kappa shape index (κ3) is 5.55. The Morgan fingerprint density at radius 3 is 1.44 bits per heavy atom. The van der Waals surface area contributed by atoms with E-state index in [-0.39, 0.29) is 0 Å². The van der Waals surface area contributed by atoms with Gasteiger partial charge in [-0.2, -0.15) is 0 Å². The Hall–Kier alpha value is -7.48. The largest absolute Gasteiger partial charge is 0.315 e. The van der Waals surface area contributed by atoms with Crippen molar-refractivity contribution in [2.24, 2.45) is 0 Å². The molecule has 11 rings (SSSR count). The summed E-state index contributed by atoms with van der Waals surface area (Å²) in [6.45, 7) is 0. The molecule has 11 aromatic rings. The number of rotatable bonds is 6. The second-order valence-corrected chi connectivity index (χ2v) is 14.8. The number of hydrogen-bond donors (Lipinski definition) is 0. The summed E-state index contributed by atoms with van der Waals surface area (Å²) >= 11 is 0. The average Bonchev–Trinajstić information content (AvgIpc) is 3.67. The molecule has 10 aromatic carbocycles. The fraction of sp³-hybridized carbons (Fsp3) is 0. The third-order valence-corrected chi connectivity index (χ3v) is 11.6.